The van der Waals surface area contributed by atoms with Gasteiger partial charge in [-0.2, -0.15) is 0 Å². The summed E-state index contributed by atoms with van der Waals surface area (Å²) < 4.78 is 5.10. The Kier molecular flexibility index (Phi) is 2.91. The average molecular weight is 213 g/mol. The molecule has 1 aromatic carbocycles. The summed E-state index contributed by atoms with van der Waals surface area (Å²) in [4.78, 5) is 0. The molecule has 76 valence electrons. The predicted octanol–water partition coefficient (Wildman–Crippen LogP) is 1.54. The van der Waals surface area contributed by atoms with Gasteiger partial charge < -0.3 is 4.74 Å². The average Bonchev–Trinajstić information content (AvgIpc) is 2.70. The Bertz CT molecular complexity index is 324. The van der Waals surface area contributed by atoms with Gasteiger partial charge in [-0.3, -0.25) is 10.9 Å². The van der Waals surface area contributed by atoms with Gasteiger partial charge in [-0.1, -0.05) is 17.7 Å². The lowest BCUT2D eigenvalue weighted by Crippen LogP contribution is -2.21. The minimum atomic E-state index is 0.499. The molecule has 1 aliphatic rings. The van der Waals surface area contributed by atoms with E-state index in [0.29, 0.717) is 10.9 Å². The standard InChI is InChI=1S/C10H13ClN2O/c1-14-10-3-2-7(4-9(10)11)8-5-12-13-6-8/h2-4,8,12-13H,5-6H2,1H3. The van der Waals surface area contributed by atoms with E-state index >= 15 is 0 Å². The van der Waals surface area contributed by atoms with Crippen molar-refractivity contribution in [3.05, 3.63) is 28.8 Å². The van der Waals surface area contributed by atoms with Crippen LogP contribution in [0.1, 0.15) is 11.5 Å². The highest BCUT2D eigenvalue weighted by Crippen LogP contribution is 2.28. The largest absolute Gasteiger partial charge is 0.495 e. The quantitative estimate of drug-likeness (QED) is 0.781. The Balaban J connectivity index is 2.23. The summed E-state index contributed by atoms with van der Waals surface area (Å²) in [5.41, 5.74) is 7.43. The molecular formula is C10H13ClN2O. The Morgan fingerprint density at radius 1 is 1.36 bits per heavy atom. The van der Waals surface area contributed by atoms with Crippen LogP contribution >= 0.6 is 11.6 Å². The summed E-state index contributed by atoms with van der Waals surface area (Å²) in [5, 5.41) is 0.678. The monoisotopic (exact) mass is 212 g/mol. The molecule has 3 nitrogen and oxygen atoms in total. The van der Waals surface area contributed by atoms with Crippen molar-refractivity contribution < 1.29 is 4.74 Å². The van der Waals surface area contributed by atoms with Crippen molar-refractivity contribution in [1.29, 1.82) is 0 Å². The van der Waals surface area contributed by atoms with E-state index in [1.807, 2.05) is 12.1 Å². The van der Waals surface area contributed by atoms with Crippen LogP contribution in [0.2, 0.25) is 5.02 Å². The molecule has 0 unspecified atom stereocenters. The molecule has 0 saturated carbocycles. The summed E-state index contributed by atoms with van der Waals surface area (Å²) in [6, 6.07) is 5.94. The van der Waals surface area contributed by atoms with E-state index in [-0.39, 0.29) is 0 Å². The van der Waals surface area contributed by atoms with E-state index in [2.05, 4.69) is 16.9 Å². The van der Waals surface area contributed by atoms with Crippen molar-refractivity contribution in [1.82, 2.24) is 10.9 Å². The van der Waals surface area contributed by atoms with Crippen LogP contribution < -0.4 is 15.6 Å². The van der Waals surface area contributed by atoms with Gasteiger partial charge in [-0.15, -0.1) is 0 Å². The zero-order valence-electron chi connectivity index (χ0n) is 8.01. The van der Waals surface area contributed by atoms with Crippen molar-refractivity contribution in [3.8, 4) is 5.75 Å². The van der Waals surface area contributed by atoms with Crippen LogP contribution in [0.5, 0.6) is 5.75 Å². The molecule has 1 heterocycles. The van der Waals surface area contributed by atoms with Crippen molar-refractivity contribution in [3.63, 3.8) is 0 Å². The fourth-order valence-corrected chi connectivity index (χ4v) is 1.90. The highest BCUT2D eigenvalue weighted by atomic mass is 35.5. The van der Waals surface area contributed by atoms with Crippen molar-refractivity contribution in [2.75, 3.05) is 20.2 Å². The number of nitrogens with one attached hydrogen (secondary N) is 2. The van der Waals surface area contributed by atoms with Crippen molar-refractivity contribution >= 4 is 11.6 Å². The molecule has 4 heteroatoms. The van der Waals surface area contributed by atoms with Gasteiger partial charge in [0.1, 0.15) is 5.75 Å². The molecule has 1 aromatic rings. The highest BCUT2D eigenvalue weighted by molar-refractivity contribution is 6.32. The number of benzene rings is 1. The Hall–Kier alpha value is -0.770. The maximum atomic E-state index is 6.04. The molecule has 0 bridgehead atoms. The lowest BCUT2D eigenvalue weighted by molar-refractivity contribution is 0.415. The van der Waals surface area contributed by atoms with Gasteiger partial charge in [-0.25, -0.2) is 0 Å². The minimum Gasteiger partial charge on any atom is -0.495 e. The van der Waals surface area contributed by atoms with Gasteiger partial charge in [0.05, 0.1) is 12.1 Å². The molecule has 0 aromatic heterocycles. The van der Waals surface area contributed by atoms with Crippen LogP contribution in [0.4, 0.5) is 0 Å². The van der Waals surface area contributed by atoms with Gasteiger partial charge in [-0.05, 0) is 17.7 Å². The van der Waals surface area contributed by atoms with E-state index in [1.165, 1.54) is 5.56 Å². The molecule has 0 aliphatic carbocycles. The Morgan fingerprint density at radius 2 is 2.07 bits per heavy atom. The van der Waals surface area contributed by atoms with E-state index in [1.54, 1.807) is 7.11 Å². The minimum absolute atomic E-state index is 0.499. The molecule has 2 rings (SSSR count). The number of hydrogen-bond acceptors (Lipinski definition) is 3. The topological polar surface area (TPSA) is 33.3 Å². The summed E-state index contributed by atoms with van der Waals surface area (Å²) >= 11 is 6.04. The zero-order valence-corrected chi connectivity index (χ0v) is 8.77. The first-order chi connectivity index (χ1) is 6.81. The molecule has 0 amide bonds. The van der Waals surface area contributed by atoms with Crippen LogP contribution in [0.3, 0.4) is 0 Å². The van der Waals surface area contributed by atoms with Gasteiger partial charge in [0.25, 0.3) is 0 Å². The summed E-state index contributed by atoms with van der Waals surface area (Å²) in [7, 11) is 1.62. The number of rotatable bonds is 2. The molecule has 0 radical (unpaired) electrons. The lowest BCUT2D eigenvalue weighted by Gasteiger charge is -2.10. The third-order valence-corrected chi connectivity index (χ3v) is 2.76. The third kappa shape index (κ3) is 1.85. The number of ether oxygens (including phenoxy) is 1. The molecule has 0 spiro atoms. The normalized spacial score (nSPS) is 17.3. The number of methoxy groups -OCH3 is 1. The maximum Gasteiger partial charge on any atom is 0.137 e. The fraction of sp³-hybridized carbons (Fsp3) is 0.400. The first-order valence-corrected chi connectivity index (χ1v) is 4.98. The zero-order chi connectivity index (χ0) is 9.97. The third-order valence-electron chi connectivity index (χ3n) is 2.47. The van der Waals surface area contributed by atoms with E-state index in [0.717, 1.165) is 18.8 Å². The smallest absolute Gasteiger partial charge is 0.137 e. The molecule has 14 heavy (non-hydrogen) atoms. The van der Waals surface area contributed by atoms with E-state index in [9.17, 15) is 0 Å². The van der Waals surface area contributed by atoms with Gasteiger partial charge in [0.2, 0.25) is 0 Å². The fourth-order valence-electron chi connectivity index (χ4n) is 1.64. The van der Waals surface area contributed by atoms with Crippen molar-refractivity contribution in [2.24, 2.45) is 0 Å². The van der Waals surface area contributed by atoms with E-state index < -0.39 is 0 Å². The molecule has 1 fully saturated rings. The summed E-state index contributed by atoms with van der Waals surface area (Å²) in [6.45, 7) is 1.89. The van der Waals surface area contributed by atoms with Gasteiger partial charge >= 0.3 is 0 Å². The highest BCUT2D eigenvalue weighted by Gasteiger charge is 2.17. The SMILES string of the molecule is COc1ccc(C2CNNC2)cc1Cl. The lowest BCUT2D eigenvalue weighted by atomic mass is 10.0. The van der Waals surface area contributed by atoms with Crippen LogP contribution in [0.15, 0.2) is 18.2 Å². The predicted molar refractivity (Wildman–Crippen MR) is 56.8 cm³/mol. The molecule has 0 atom stereocenters. The summed E-state index contributed by atoms with van der Waals surface area (Å²) in [5.74, 6) is 1.23. The molecule has 2 N–H and O–H groups in total. The second kappa shape index (κ2) is 4.17. The van der Waals surface area contributed by atoms with Gasteiger partial charge in [0, 0.05) is 19.0 Å². The molecule has 1 saturated heterocycles. The number of hydrogen-bond donors (Lipinski definition) is 2. The van der Waals surface area contributed by atoms with Crippen LogP contribution in [0, 0.1) is 0 Å². The Labute approximate surface area is 88.4 Å². The molecular weight excluding hydrogens is 200 g/mol. The Morgan fingerprint density at radius 3 is 2.64 bits per heavy atom. The number of halogens is 1. The first kappa shape index (κ1) is 9.77. The second-order valence-corrected chi connectivity index (χ2v) is 3.76. The van der Waals surface area contributed by atoms with E-state index in [4.69, 9.17) is 16.3 Å². The van der Waals surface area contributed by atoms with Gasteiger partial charge in [0.15, 0.2) is 0 Å². The van der Waals surface area contributed by atoms with Crippen LogP contribution in [-0.2, 0) is 0 Å². The maximum absolute atomic E-state index is 6.04. The first-order valence-electron chi connectivity index (χ1n) is 4.60. The van der Waals surface area contributed by atoms with Crippen LogP contribution in [-0.4, -0.2) is 20.2 Å². The molecule has 1 aliphatic heterocycles. The van der Waals surface area contributed by atoms with Crippen molar-refractivity contribution in [2.45, 2.75) is 5.92 Å². The number of hydrazine groups is 1. The second-order valence-electron chi connectivity index (χ2n) is 3.35. The van der Waals surface area contributed by atoms with Crippen LogP contribution in [0.25, 0.3) is 0 Å². The summed E-state index contributed by atoms with van der Waals surface area (Å²) in [6.07, 6.45) is 0.